The van der Waals surface area contributed by atoms with Crippen molar-refractivity contribution in [1.82, 2.24) is 5.32 Å². The van der Waals surface area contributed by atoms with Crippen LogP contribution >= 0.6 is 11.6 Å². The lowest BCUT2D eigenvalue weighted by molar-refractivity contribution is 0.277. The Labute approximate surface area is 127 Å². The van der Waals surface area contributed by atoms with Crippen LogP contribution in [-0.4, -0.2) is 19.2 Å². The lowest BCUT2D eigenvalue weighted by Crippen LogP contribution is -2.37. The van der Waals surface area contributed by atoms with E-state index in [9.17, 15) is 0 Å². The molecule has 2 rings (SSSR count). The minimum absolute atomic E-state index is 0.328. The third-order valence-corrected chi connectivity index (χ3v) is 3.86. The summed E-state index contributed by atoms with van der Waals surface area (Å²) in [6.07, 6.45) is 8.54. The third-order valence-electron chi connectivity index (χ3n) is 3.63. The first-order valence-corrected chi connectivity index (χ1v) is 7.98. The van der Waals surface area contributed by atoms with Crippen molar-refractivity contribution in [2.45, 2.75) is 45.1 Å². The fraction of sp³-hybridized carbons (Fsp3) is 0.529. The summed E-state index contributed by atoms with van der Waals surface area (Å²) in [6.45, 7) is 3.89. The molecule has 1 aliphatic rings. The smallest absolute Gasteiger partial charge is 0.120 e. The van der Waals surface area contributed by atoms with E-state index in [1.165, 1.54) is 31.3 Å². The molecule has 1 aromatic rings. The number of halogens is 1. The van der Waals surface area contributed by atoms with Gasteiger partial charge in [-0.05, 0) is 56.8 Å². The third kappa shape index (κ3) is 4.84. The van der Waals surface area contributed by atoms with Crippen molar-refractivity contribution in [3.05, 3.63) is 40.9 Å². The first-order chi connectivity index (χ1) is 9.79. The maximum absolute atomic E-state index is 5.99. The summed E-state index contributed by atoms with van der Waals surface area (Å²) >= 11 is 5.99. The second-order valence-corrected chi connectivity index (χ2v) is 5.74. The second-order valence-electron chi connectivity index (χ2n) is 5.30. The SMILES string of the molecule is CCCNC(COc1cccc(Cl)c1)C1=CCCCC1. The van der Waals surface area contributed by atoms with Crippen molar-refractivity contribution in [3.8, 4) is 5.75 Å². The van der Waals surface area contributed by atoms with Gasteiger partial charge in [-0.15, -0.1) is 0 Å². The monoisotopic (exact) mass is 293 g/mol. The number of benzene rings is 1. The Hall–Kier alpha value is -0.990. The van der Waals surface area contributed by atoms with E-state index in [4.69, 9.17) is 16.3 Å². The Morgan fingerprint density at radius 3 is 2.95 bits per heavy atom. The van der Waals surface area contributed by atoms with E-state index < -0.39 is 0 Å². The highest BCUT2D eigenvalue weighted by atomic mass is 35.5. The molecule has 20 heavy (non-hydrogen) atoms. The molecule has 0 aliphatic heterocycles. The summed E-state index contributed by atoms with van der Waals surface area (Å²) in [5, 5.41) is 4.32. The highest BCUT2D eigenvalue weighted by Gasteiger charge is 2.16. The molecule has 0 saturated heterocycles. The molecular weight excluding hydrogens is 270 g/mol. The summed E-state index contributed by atoms with van der Waals surface area (Å²) < 4.78 is 5.91. The van der Waals surface area contributed by atoms with Crippen molar-refractivity contribution in [3.63, 3.8) is 0 Å². The molecule has 2 nitrogen and oxygen atoms in total. The van der Waals surface area contributed by atoms with E-state index in [1.54, 1.807) is 0 Å². The van der Waals surface area contributed by atoms with Crippen LogP contribution in [0.4, 0.5) is 0 Å². The van der Waals surface area contributed by atoms with Crippen LogP contribution in [0.25, 0.3) is 0 Å². The maximum atomic E-state index is 5.99. The first kappa shape index (κ1) is 15.4. The van der Waals surface area contributed by atoms with Gasteiger partial charge in [-0.1, -0.05) is 36.2 Å². The molecule has 1 aliphatic carbocycles. The van der Waals surface area contributed by atoms with Gasteiger partial charge in [0.05, 0.1) is 6.04 Å². The Kier molecular flexibility index (Phi) is 6.41. The maximum Gasteiger partial charge on any atom is 0.120 e. The summed E-state index contributed by atoms with van der Waals surface area (Å²) in [4.78, 5) is 0. The molecule has 0 saturated carbocycles. The number of ether oxygens (including phenoxy) is 1. The van der Waals surface area contributed by atoms with Crippen LogP contribution in [0.5, 0.6) is 5.75 Å². The van der Waals surface area contributed by atoms with Gasteiger partial charge in [0.15, 0.2) is 0 Å². The van der Waals surface area contributed by atoms with Gasteiger partial charge >= 0.3 is 0 Å². The molecule has 110 valence electrons. The van der Waals surface area contributed by atoms with Gasteiger partial charge in [-0.25, -0.2) is 0 Å². The molecule has 0 bridgehead atoms. The van der Waals surface area contributed by atoms with Gasteiger partial charge in [0, 0.05) is 5.02 Å². The standard InChI is InChI=1S/C17H24ClNO/c1-2-11-19-17(14-7-4-3-5-8-14)13-20-16-10-6-9-15(18)12-16/h6-7,9-10,12,17,19H,2-5,8,11,13H2,1H3. The fourth-order valence-corrected chi connectivity index (χ4v) is 2.71. The van der Waals surface area contributed by atoms with Crippen LogP contribution in [0.15, 0.2) is 35.9 Å². The van der Waals surface area contributed by atoms with Crippen molar-refractivity contribution >= 4 is 11.6 Å². The summed E-state index contributed by atoms with van der Waals surface area (Å²) in [6, 6.07) is 7.94. The number of rotatable bonds is 7. The number of hydrogen-bond donors (Lipinski definition) is 1. The van der Waals surface area contributed by atoms with E-state index in [-0.39, 0.29) is 0 Å². The minimum Gasteiger partial charge on any atom is -0.492 e. The van der Waals surface area contributed by atoms with Gasteiger partial charge in [-0.2, -0.15) is 0 Å². The minimum atomic E-state index is 0.328. The molecule has 1 unspecified atom stereocenters. The van der Waals surface area contributed by atoms with Crippen molar-refractivity contribution in [2.75, 3.05) is 13.2 Å². The largest absolute Gasteiger partial charge is 0.492 e. The van der Waals surface area contributed by atoms with Crippen LogP contribution in [0.1, 0.15) is 39.0 Å². The van der Waals surface area contributed by atoms with Gasteiger partial charge in [0.25, 0.3) is 0 Å². The summed E-state index contributed by atoms with van der Waals surface area (Å²) in [5.41, 5.74) is 1.51. The van der Waals surface area contributed by atoms with Crippen molar-refractivity contribution in [2.24, 2.45) is 0 Å². The highest BCUT2D eigenvalue weighted by Crippen LogP contribution is 2.22. The molecule has 1 aromatic carbocycles. The number of hydrogen-bond acceptors (Lipinski definition) is 2. The van der Waals surface area contributed by atoms with Gasteiger partial charge in [-0.3, -0.25) is 0 Å². The van der Waals surface area contributed by atoms with E-state index in [2.05, 4.69) is 18.3 Å². The highest BCUT2D eigenvalue weighted by molar-refractivity contribution is 6.30. The zero-order valence-electron chi connectivity index (χ0n) is 12.2. The van der Waals surface area contributed by atoms with Crippen LogP contribution < -0.4 is 10.1 Å². The van der Waals surface area contributed by atoms with Crippen LogP contribution in [0.3, 0.4) is 0 Å². The molecule has 3 heteroatoms. The Bertz CT molecular complexity index is 444. The Morgan fingerprint density at radius 1 is 1.35 bits per heavy atom. The van der Waals surface area contributed by atoms with Crippen molar-refractivity contribution < 1.29 is 4.74 Å². The first-order valence-electron chi connectivity index (χ1n) is 7.60. The predicted octanol–water partition coefficient (Wildman–Crippen LogP) is 4.59. The summed E-state index contributed by atoms with van der Waals surface area (Å²) in [7, 11) is 0. The lowest BCUT2D eigenvalue weighted by atomic mass is 9.94. The molecule has 1 atom stereocenters. The van der Waals surface area contributed by atoms with Crippen molar-refractivity contribution in [1.29, 1.82) is 0 Å². The van der Waals surface area contributed by atoms with E-state index in [0.717, 1.165) is 23.7 Å². The molecular formula is C17H24ClNO. The quantitative estimate of drug-likeness (QED) is 0.743. The second kappa shape index (κ2) is 8.33. The summed E-state index contributed by atoms with van der Waals surface area (Å²) in [5.74, 6) is 0.845. The molecule has 1 N–H and O–H groups in total. The van der Waals surface area contributed by atoms with E-state index >= 15 is 0 Å². The van der Waals surface area contributed by atoms with Crippen LogP contribution in [0.2, 0.25) is 5.02 Å². The number of nitrogens with one attached hydrogen (secondary N) is 1. The van der Waals surface area contributed by atoms with Crippen LogP contribution in [0, 0.1) is 0 Å². The zero-order chi connectivity index (χ0) is 14.2. The van der Waals surface area contributed by atoms with Crippen LogP contribution in [-0.2, 0) is 0 Å². The molecule has 0 heterocycles. The molecule has 0 radical (unpaired) electrons. The van der Waals surface area contributed by atoms with E-state index in [1.807, 2.05) is 24.3 Å². The molecule has 0 spiro atoms. The molecule has 0 amide bonds. The normalized spacial score (nSPS) is 16.6. The molecule has 0 aromatic heterocycles. The van der Waals surface area contributed by atoms with Gasteiger partial charge < -0.3 is 10.1 Å². The Balaban J connectivity index is 1.94. The fourth-order valence-electron chi connectivity index (χ4n) is 2.53. The predicted molar refractivity (Wildman–Crippen MR) is 85.6 cm³/mol. The zero-order valence-corrected chi connectivity index (χ0v) is 13.0. The number of allylic oxidation sites excluding steroid dienone is 1. The van der Waals surface area contributed by atoms with Gasteiger partial charge in [0.1, 0.15) is 12.4 Å². The molecule has 0 fully saturated rings. The van der Waals surface area contributed by atoms with Gasteiger partial charge in [0.2, 0.25) is 0 Å². The Morgan fingerprint density at radius 2 is 2.25 bits per heavy atom. The lowest BCUT2D eigenvalue weighted by Gasteiger charge is -2.24. The topological polar surface area (TPSA) is 21.3 Å². The average Bonchev–Trinajstić information content (AvgIpc) is 2.48. The van der Waals surface area contributed by atoms with E-state index in [0.29, 0.717) is 12.6 Å². The average molecular weight is 294 g/mol.